The number of anilines is 1. The summed E-state index contributed by atoms with van der Waals surface area (Å²) in [6.07, 6.45) is 0.379. The molecule has 2 rings (SSSR count). The molecule has 0 aliphatic rings. The Morgan fingerprint density at radius 1 is 0.960 bits per heavy atom. The third-order valence-electron chi connectivity index (χ3n) is 3.69. The highest BCUT2D eigenvalue weighted by Gasteiger charge is 2.06. The van der Waals surface area contributed by atoms with Crippen molar-refractivity contribution in [2.75, 3.05) is 33.2 Å². The van der Waals surface area contributed by atoms with Crippen LogP contribution >= 0.6 is 0 Å². The maximum atomic E-state index is 12.0. The maximum Gasteiger partial charge on any atom is 0.222 e. The van der Waals surface area contributed by atoms with Gasteiger partial charge in [-0.25, -0.2) is 0 Å². The minimum absolute atomic E-state index is 0.0230. The number of hydrogen-bond acceptors (Lipinski definition) is 5. The van der Waals surface area contributed by atoms with Gasteiger partial charge >= 0.3 is 0 Å². The zero-order valence-electron chi connectivity index (χ0n) is 14.8. The zero-order chi connectivity index (χ0) is 18.1. The quantitative estimate of drug-likeness (QED) is 0.732. The monoisotopic (exact) mass is 344 g/mol. The summed E-state index contributed by atoms with van der Waals surface area (Å²) in [5.41, 5.74) is 1.87. The van der Waals surface area contributed by atoms with E-state index in [4.69, 9.17) is 14.2 Å². The number of amides is 1. The third-order valence-corrected chi connectivity index (χ3v) is 3.69. The van der Waals surface area contributed by atoms with E-state index >= 15 is 0 Å². The van der Waals surface area contributed by atoms with Crippen LogP contribution in [-0.2, 0) is 11.3 Å². The summed E-state index contributed by atoms with van der Waals surface area (Å²) in [5, 5.41) is 6.10. The fourth-order valence-electron chi connectivity index (χ4n) is 2.33. The Bertz CT molecular complexity index is 704. The molecule has 0 atom stereocenters. The molecular weight excluding hydrogens is 320 g/mol. The van der Waals surface area contributed by atoms with Gasteiger partial charge in [0.1, 0.15) is 5.75 Å². The van der Waals surface area contributed by atoms with Crippen molar-refractivity contribution in [3.05, 3.63) is 48.0 Å². The predicted octanol–water partition coefficient (Wildman–Crippen LogP) is 2.83. The van der Waals surface area contributed by atoms with E-state index in [1.807, 2.05) is 42.5 Å². The van der Waals surface area contributed by atoms with Crippen LogP contribution in [0.25, 0.3) is 0 Å². The Balaban J connectivity index is 1.77. The lowest BCUT2D eigenvalue weighted by Gasteiger charge is -2.11. The first kappa shape index (κ1) is 18.4. The summed E-state index contributed by atoms with van der Waals surface area (Å²) in [6, 6.07) is 13.2. The van der Waals surface area contributed by atoms with Crippen LogP contribution in [0.5, 0.6) is 17.2 Å². The van der Waals surface area contributed by atoms with Gasteiger partial charge < -0.3 is 24.8 Å². The first-order chi connectivity index (χ1) is 12.2. The zero-order valence-corrected chi connectivity index (χ0v) is 14.8. The molecule has 6 nitrogen and oxygen atoms in total. The van der Waals surface area contributed by atoms with Gasteiger partial charge in [-0.15, -0.1) is 0 Å². The fraction of sp³-hybridized carbons (Fsp3) is 0.316. The summed E-state index contributed by atoms with van der Waals surface area (Å²) < 4.78 is 15.6. The molecule has 134 valence electrons. The van der Waals surface area contributed by atoms with Crippen molar-refractivity contribution >= 4 is 11.6 Å². The van der Waals surface area contributed by atoms with E-state index in [0.29, 0.717) is 31.0 Å². The molecule has 0 spiro atoms. The molecule has 0 aliphatic heterocycles. The molecule has 6 heteroatoms. The van der Waals surface area contributed by atoms with Crippen LogP contribution < -0.4 is 24.8 Å². The fourth-order valence-corrected chi connectivity index (χ4v) is 2.33. The molecule has 0 bridgehead atoms. The Morgan fingerprint density at radius 3 is 2.48 bits per heavy atom. The molecule has 0 unspecified atom stereocenters. The molecule has 1 amide bonds. The van der Waals surface area contributed by atoms with E-state index < -0.39 is 0 Å². The van der Waals surface area contributed by atoms with Crippen LogP contribution in [0.4, 0.5) is 5.69 Å². The molecule has 0 heterocycles. The van der Waals surface area contributed by atoms with Crippen molar-refractivity contribution in [3.8, 4) is 17.2 Å². The second-order valence-electron chi connectivity index (χ2n) is 5.37. The second-order valence-corrected chi connectivity index (χ2v) is 5.37. The molecular formula is C19H24N2O4. The van der Waals surface area contributed by atoms with Gasteiger partial charge in [-0.2, -0.15) is 0 Å². The Hall–Kier alpha value is -2.89. The van der Waals surface area contributed by atoms with Gasteiger partial charge in [-0.3, -0.25) is 4.79 Å². The van der Waals surface area contributed by atoms with Gasteiger partial charge in [0, 0.05) is 31.3 Å². The number of methoxy groups -OCH3 is 3. The molecule has 2 aromatic rings. The van der Waals surface area contributed by atoms with Gasteiger partial charge in [0.05, 0.1) is 21.3 Å². The maximum absolute atomic E-state index is 12.0. The van der Waals surface area contributed by atoms with Crippen molar-refractivity contribution < 1.29 is 19.0 Å². The lowest BCUT2D eigenvalue weighted by Crippen LogP contribution is -2.24. The Kier molecular flexibility index (Phi) is 6.95. The lowest BCUT2D eigenvalue weighted by atomic mass is 10.2. The standard InChI is InChI=1S/C19H24N2O4/c1-23-16-6-4-5-15(12-16)20-10-9-19(22)21-13-14-7-8-17(24-2)18(11-14)25-3/h4-8,11-12,20H,9-10,13H2,1-3H3,(H,21,22). The van der Waals surface area contributed by atoms with Crippen LogP contribution in [0.2, 0.25) is 0 Å². The number of rotatable bonds is 9. The molecule has 2 N–H and O–H groups in total. The largest absolute Gasteiger partial charge is 0.497 e. The number of nitrogens with one attached hydrogen (secondary N) is 2. The minimum atomic E-state index is -0.0230. The van der Waals surface area contributed by atoms with Gasteiger partial charge in [0.2, 0.25) is 5.91 Å². The predicted molar refractivity (Wildman–Crippen MR) is 97.5 cm³/mol. The molecule has 0 saturated heterocycles. The number of carbonyl (C=O) groups is 1. The molecule has 0 aromatic heterocycles. The van der Waals surface area contributed by atoms with Crippen molar-refractivity contribution in [1.29, 1.82) is 0 Å². The second kappa shape index (κ2) is 9.42. The van der Waals surface area contributed by atoms with Crippen molar-refractivity contribution in [3.63, 3.8) is 0 Å². The van der Waals surface area contributed by atoms with Crippen LogP contribution in [0.3, 0.4) is 0 Å². The van der Waals surface area contributed by atoms with E-state index in [2.05, 4.69) is 10.6 Å². The van der Waals surface area contributed by atoms with E-state index in [-0.39, 0.29) is 5.91 Å². The topological polar surface area (TPSA) is 68.8 Å². The highest BCUT2D eigenvalue weighted by Crippen LogP contribution is 2.27. The molecule has 25 heavy (non-hydrogen) atoms. The molecule has 0 aliphatic carbocycles. The minimum Gasteiger partial charge on any atom is -0.497 e. The van der Waals surface area contributed by atoms with E-state index in [1.54, 1.807) is 21.3 Å². The average Bonchev–Trinajstić information content (AvgIpc) is 2.66. The summed E-state index contributed by atoms with van der Waals surface area (Å²) in [4.78, 5) is 12.0. The number of ether oxygens (including phenoxy) is 3. The van der Waals surface area contributed by atoms with Gasteiger partial charge in [-0.1, -0.05) is 12.1 Å². The van der Waals surface area contributed by atoms with E-state index in [1.165, 1.54) is 0 Å². The average molecular weight is 344 g/mol. The van der Waals surface area contributed by atoms with Crippen LogP contribution in [-0.4, -0.2) is 33.8 Å². The number of benzene rings is 2. The van der Waals surface area contributed by atoms with Crippen LogP contribution in [0.1, 0.15) is 12.0 Å². The smallest absolute Gasteiger partial charge is 0.222 e. The highest BCUT2D eigenvalue weighted by atomic mass is 16.5. The summed E-state index contributed by atoms with van der Waals surface area (Å²) in [5.74, 6) is 2.07. The highest BCUT2D eigenvalue weighted by molar-refractivity contribution is 5.76. The van der Waals surface area contributed by atoms with Gasteiger partial charge in [0.15, 0.2) is 11.5 Å². The first-order valence-electron chi connectivity index (χ1n) is 8.01. The van der Waals surface area contributed by atoms with Crippen molar-refractivity contribution in [1.82, 2.24) is 5.32 Å². The third kappa shape index (κ3) is 5.60. The summed E-state index contributed by atoms with van der Waals surface area (Å²) in [6.45, 7) is 0.989. The molecule has 0 saturated carbocycles. The van der Waals surface area contributed by atoms with Crippen molar-refractivity contribution in [2.45, 2.75) is 13.0 Å². The summed E-state index contributed by atoms with van der Waals surface area (Å²) in [7, 11) is 4.81. The normalized spacial score (nSPS) is 10.0. The Morgan fingerprint density at radius 2 is 1.76 bits per heavy atom. The number of carbonyl (C=O) groups excluding carboxylic acids is 1. The molecule has 0 radical (unpaired) electrons. The molecule has 2 aromatic carbocycles. The van der Waals surface area contributed by atoms with Crippen molar-refractivity contribution in [2.24, 2.45) is 0 Å². The van der Waals surface area contributed by atoms with Crippen LogP contribution in [0.15, 0.2) is 42.5 Å². The van der Waals surface area contributed by atoms with Gasteiger partial charge in [-0.05, 0) is 29.8 Å². The number of hydrogen-bond donors (Lipinski definition) is 2. The van der Waals surface area contributed by atoms with E-state index in [0.717, 1.165) is 17.0 Å². The lowest BCUT2D eigenvalue weighted by molar-refractivity contribution is -0.121. The van der Waals surface area contributed by atoms with Crippen LogP contribution in [0, 0.1) is 0 Å². The summed E-state index contributed by atoms with van der Waals surface area (Å²) >= 11 is 0. The first-order valence-corrected chi connectivity index (χ1v) is 8.01. The van der Waals surface area contributed by atoms with Gasteiger partial charge in [0.25, 0.3) is 0 Å². The molecule has 0 fully saturated rings. The Labute approximate surface area is 148 Å². The SMILES string of the molecule is COc1cccc(NCCC(=O)NCc2ccc(OC)c(OC)c2)c1. The van der Waals surface area contributed by atoms with E-state index in [9.17, 15) is 4.79 Å².